The van der Waals surface area contributed by atoms with E-state index < -0.39 is 10.8 Å². The topological polar surface area (TPSA) is 38.3 Å². The molecule has 1 aliphatic rings. The maximum Gasteiger partial charge on any atom is 0.124 e. The zero-order valence-electron chi connectivity index (χ0n) is 11.6. The van der Waals surface area contributed by atoms with E-state index in [0.717, 1.165) is 11.3 Å². The van der Waals surface area contributed by atoms with Gasteiger partial charge in [-0.1, -0.05) is 24.3 Å². The van der Waals surface area contributed by atoms with Crippen LogP contribution in [0.2, 0.25) is 0 Å². The lowest BCUT2D eigenvalue weighted by Gasteiger charge is -2.32. The molecule has 3 nitrogen and oxygen atoms in total. The molecule has 0 aliphatic carbocycles. The van der Waals surface area contributed by atoms with Gasteiger partial charge < -0.3 is 10.1 Å². The summed E-state index contributed by atoms with van der Waals surface area (Å²) in [7, 11) is 0.491. The van der Waals surface area contributed by atoms with Crippen LogP contribution >= 0.6 is 0 Å². The molecule has 0 saturated heterocycles. The smallest absolute Gasteiger partial charge is 0.124 e. The van der Waals surface area contributed by atoms with Gasteiger partial charge in [0.05, 0.1) is 22.1 Å². The van der Waals surface area contributed by atoms with E-state index in [0.29, 0.717) is 11.5 Å². The second-order valence-corrected chi connectivity index (χ2v) is 6.58. The van der Waals surface area contributed by atoms with Crippen LogP contribution in [-0.2, 0) is 10.8 Å². The van der Waals surface area contributed by atoms with Crippen molar-refractivity contribution in [3.8, 4) is 5.75 Å². The maximum atomic E-state index is 13.3. The summed E-state index contributed by atoms with van der Waals surface area (Å²) < 4.78 is 31.8. The van der Waals surface area contributed by atoms with Crippen molar-refractivity contribution in [3.63, 3.8) is 0 Å². The summed E-state index contributed by atoms with van der Waals surface area (Å²) in [5.74, 6) is 0.434. The Morgan fingerprint density at radius 3 is 2.81 bits per heavy atom. The molecule has 5 heteroatoms. The van der Waals surface area contributed by atoms with Gasteiger partial charge in [0.1, 0.15) is 18.2 Å². The van der Waals surface area contributed by atoms with E-state index in [2.05, 4.69) is 5.32 Å². The molecule has 3 rings (SSSR count). The Labute approximate surface area is 125 Å². The maximum absolute atomic E-state index is 13.3. The Morgan fingerprint density at radius 2 is 2.05 bits per heavy atom. The molecule has 0 aromatic heterocycles. The van der Waals surface area contributed by atoms with E-state index >= 15 is 0 Å². The number of hydrogen-bond donors (Lipinski definition) is 1. The third-order valence-corrected chi connectivity index (χ3v) is 5.32. The number of rotatable bonds is 3. The lowest BCUT2D eigenvalue weighted by Crippen LogP contribution is -2.40. The number of halogens is 1. The van der Waals surface area contributed by atoms with Crippen molar-refractivity contribution in [2.75, 3.05) is 13.7 Å². The highest BCUT2D eigenvalue weighted by Crippen LogP contribution is 2.35. The van der Waals surface area contributed by atoms with Gasteiger partial charge in [0.25, 0.3) is 0 Å². The number of ether oxygens (including phenoxy) is 1. The highest BCUT2D eigenvalue weighted by atomic mass is 32.2. The third kappa shape index (κ3) is 2.71. The molecule has 21 heavy (non-hydrogen) atoms. The summed E-state index contributed by atoms with van der Waals surface area (Å²) in [4.78, 5) is 0.489. The summed E-state index contributed by atoms with van der Waals surface area (Å²) in [6, 6.07) is 13.6. The first-order chi connectivity index (χ1) is 10.2. The molecule has 0 saturated carbocycles. The fourth-order valence-electron chi connectivity index (χ4n) is 2.63. The van der Waals surface area contributed by atoms with Gasteiger partial charge in [-0.05, 0) is 31.3 Å². The minimum atomic E-state index is -1.34. The summed E-state index contributed by atoms with van der Waals surface area (Å²) in [5.41, 5.74) is 0.987. The SMILES string of the molecule is CNC1c2ccccc2OCC1S(=O)c1cccc(F)c1. The van der Waals surface area contributed by atoms with Gasteiger partial charge in [-0.2, -0.15) is 0 Å². The van der Waals surface area contributed by atoms with Crippen LogP contribution < -0.4 is 10.1 Å². The van der Waals surface area contributed by atoms with Gasteiger partial charge in [-0.15, -0.1) is 0 Å². The van der Waals surface area contributed by atoms with Gasteiger partial charge in [0.2, 0.25) is 0 Å². The van der Waals surface area contributed by atoms with Crippen molar-refractivity contribution >= 4 is 10.8 Å². The Balaban J connectivity index is 1.94. The lowest BCUT2D eigenvalue weighted by atomic mass is 10.0. The quantitative estimate of drug-likeness (QED) is 0.947. The van der Waals surface area contributed by atoms with Crippen molar-refractivity contribution in [3.05, 3.63) is 59.9 Å². The van der Waals surface area contributed by atoms with Gasteiger partial charge >= 0.3 is 0 Å². The number of nitrogens with one attached hydrogen (secondary N) is 1. The highest BCUT2D eigenvalue weighted by Gasteiger charge is 2.34. The molecule has 1 aliphatic heterocycles. The Kier molecular flexibility index (Phi) is 4.03. The molecule has 0 spiro atoms. The minimum Gasteiger partial charge on any atom is -0.492 e. The number of para-hydroxylation sites is 1. The van der Waals surface area contributed by atoms with Gasteiger partial charge in [0.15, 0.2) is 0 Å². The van der Waals surface area contributed by atoms with Crippen molar-refractivity contribution in [1.82, 2.24) is 5.32 Å². The second-order valence-electron chi connectivity index (χ2n) is 4.91. The molecule has 1 N–H and O–H groups in total. The summed E-state index contributed by atoms with van der Waals surface area (Å²) >= 11 is 0. The first-order valence-electron chi connectivity index (χ1n) is 6.76. The van der Waals surface area contributed by atoms with Crippen molar-refractivity contribution in [2.24, 2.45) is 0 Å². The Bertz CT molecular complexity index is 677. The first-order valence-corrected chi connectivity index (χ1v) is 7.97. The molecule has 1 heterocycles. The number of fused-ring (bicyclic) bond motifs is 1. The van der Waals surface area contributed by atoms with Crippen LogP contribution in [0.5, 0.6) is 5.75 Å². The van der Waals surface area contributed by atoms with Crippen LogP contribution in [0.25, 0.3) is 0 Å². The van der Waals surface area contributed by atoms with Gasteiger partial charge in [0, 0.05) is 10.5 Å². The third-order valence-electron chi connectivity index (χ3n) is 3.64. The van der Waals surface area contributed by atoms with Crippen LogP contribution in [0, 0.1) is 5.82 Å². The molecule has 2 aromatic carbocycles. The number of hydrogen-bond acceptors (Lipinski definition) is 3. The Hall–Kier alpha value is -1.72. The molecule has 0 fully saturated rings. The van der Waals surface area contributed by atoms with Crippen LogP contribution in [0.1, 0.15) is 11.6 Å². The van der Waals surface area contributed by atoms with Crippen LogP contribution in [0.4, 0.5) is 4.39 Å². The van der Waals surface area contributed by atoms with E-state index in [4.69, 9.17) is 4.74 Å². The molecule has 3 atom stereocenters. The monoisotopic (exact) mass is 305 g/mol. The molecule has 2 aromatic rings. The van der Waals surface area contributed by atoms with Crippen LogP contribution in [-0.4, -0.2) is 23.1 Å². The zero-order valence-corrected chi connectivity index (χ0v) is 12.4. The summed E-state index contributed by atoms with van der Waals surface area (Å²) in [6.45, 7) is 0.339. The Morgan fingerprint density at radius 1 is 1.24 bits per heavy atom. The second kappa shape index (κ2) is 5.95. The predicted octanol–water partition coefficient (Wildman–Crippen LogP) is 2.66. The summed E-state index contributed by atoms with van der Waals surface area (Å²) in [6.07, 6.45) is 0. The molecular weight excluding hydrogens is 289 g/mol. The van der Waals surface area contributed by atoms with Crippen molar-refractivity contribution < 1.29 is 13.3 Å². The molecule has 0 amide bonds. The van der Waals surface area contributed by atoms with Gasteiger partial charge in [-0.25, -0.2) is 4.39 Å². The molecule has 110 valence electrons. The molecule has 0 bridgehead atoms. The number of benzene rings is 2. The average Bonchev–Trinajstić information content (AvgIpc) is 2.53. The standard InChI is InChI=1S/C16H16FNO2S/c1-18-16-13-7-2-3-8-14(13)20-10-15(16)21(19)12-6-4-5-11(17)9-12/h2-9,15-16,18H,10H2,1H3. The van der Waals surface area contributed by atoms with Crippen LogP contribution in [0.15, 0.2) is 53.4 Å². The molecule has 3 unspecified atom stereocenters. The van der Waals surface area contributed by atoms with Crippen LogP contribution in [0.3, 0.4) is 0 Å². The molecular formula is C16H16FNO2S. The highest BCUT2D eigenvalue weighted by molar-refractivity contribution is 7.85. The van der Waals surface area contributed by atoms with E-state index in [1.54, 1.807) is 12.1 Å². The normalized spacial score (nSPS) is 22.2. The fraction of sp³-hybridized carbons (Fsp3) is 0.250. The zero-order chi connectivity index (χ0) is 14.8. The lowest BCUT2D eigenvalue weighted by molar-refractivity contribution is 0.262. The van der Waals surface area contributed by atoms with E-state index in [-0.39, 0.29) is 17.1 Å². The largest absolute Gasteiger partial charge is 0.492 e. The van der Waals surface area contributed by atoms with Crippen molar-refractivity contribution in [2.45, 2.75) is 16.2 Å². The predicted molar refractivity (Wildman–Crippen MR) is 80.3 cm³/mol. The van der Waals surface area contributed by atoms with E-state index in [1.807, 2.05) is 31.3 Å². The van der Waals surface area contributed by atoms with E-state index in [1.165, 1.54) is 12.1 Å². The van der Waals surface area contributed by atoms with E-state index in [9.17, 15) is 8.60 Å². The van der Waals surface area contributed by atoms with Gasteiger partial charge in [-0.3, -0.25) is 4.21 Å². The summed E-state index contributed by atoms with van der Waals surface area (Å²) in [5, 5.41) is 2.95. The van der Waals surface area contributed by atoms with Crippen molar-refractivity contribution in [1.29, 1.82) is 0 Å². The molecule has 0 radical (unpaired) electrons. The minimum absolute atomic E-state index is 0.0842. The fourth-order valence-corrected chi connectivity index (χ4v) is 4.14. The first kappa shape index (κ1) is 14.2. The average molecular weight is 305 g/mol.